The van der Waals surface area contributed by atoms with Gasteiger partial charge in [0.25, 0.3) is 0 Å². The van der Waals surface area contributed by atoms with E-state index in [0.29, 0.717) is 12.3 Å². The number of aromatic nitrogens is 3. The molecule has 2 heterocycles. The SMILES string of the molecule is CC(C(=O)N(C)C)n1c(CCCl)nc2cnccc21. The third-order valence-corrected chi connectivity index (χ3v) is 3.26. The molecule has 0 radical (unpaired) electrons. The first-order valence-corrected chi connectivity index (χ1v) is 6.67. The molecule has 0 aliphatic rings. The summed E-state index contributed by atoms with van der Waals surface area (Å²) in [4.78, 5) is 22.3. The van der Waals surface area contributed by atoms with Gasteiger partial charge in [0.15, 0.2) is 0 Å². The molecule has 2 rings (SSSR count). The summed E-state index contributed by atoms with van der Waals surface area (Å²) in [5.41, 5.74) is 1.71. The Hall–Kier alpha value is -1.62. The molecule has 0 bridgehead atoms. The van der Waals surface area contributed by atoms with Crippen molar-refractivity contribution in [1.82, 2.24) is 19.4 Å². The maximum absolute atomic E-state index is 12.2. The van der Waals surface area contributed by atoms with Crippen LogP contribution in [-0.2, 0) is 11.2 Å². The predicted molar refractivity (Wildman–Crippen MR) is 75.4 cm³/mol. The van der Waals surface area contributed by atoms with Gasteiger partial charge in [-0.15, -0.1) is 11.6 Å². The summed E-state index contributed by atoms with van der Waals surface area (Å²) >= 11 is 5.82. The molecule has 0 N–H and O–H groups in total. The van der Waals surface area contributed by atoms with Gasteiger partial charge in [-0.3, -0.25) is 9.78 Å². The second kappa shape index (κ2) is 5.57. The number of amides is 1. The van der Waals surface area contributed by atoms with Crippen molar-refractivity contribution in [2.75, 3.05) is 20.0 Å². The van der Waals surface area contributed by atoms with Crippen molar-refractivity contribution >= 4 is 28.5 Å². The van der Waals surface area contributed by atoms with Crippen molar-refractivity contribution in [2.45, 2.75) is 19.4 Å². The third kappa shape index (κ3) is 2.56. The van der Waals surface area contributed by atoms with Crippen LogP contribution in [0.5, 0.6) is 0 Å². The predicted octanol–water partition coefficient (Wildman–Crippen LogP) is 1.86. The van der Waals surface area contributed by atoms with Crippen LogP contribution in [0.3, 0.4) is 0 Å². The van der Waals surface area contributed by atoms with Crippen molar-refractivity contribution in [3.05, 3.63) is 24.3 Å². The fourth-order valence-corrected chi connectivity index (χ4v) is 2.35. The number of nitrogens with zero attached hydrogens (tertiary/aromatic N) is 4. The summed E-state index contributed by atoms with van der Waals surface area (Å²) in [6.07, 6.45) is 4.04. The van der Waals surface area contributed by atoms with Crippen LogP contribution in [-0.4, -0.2) is 45.3 Å². The minimum atomic E-state index is -0.305. The molecule has 0 aliphatic heterocycles. The fourth-order valence-electron chi connectivity index (χ4n) is 2.18. The van der Waals surface area contributed by atoms with Crippen molar-refractivity contribution in [3.63, 3.8) is 0 Å². The van der Waals surface area contributed by atoms with Crippen LogP contribution in [0.4, 0.5) is 0 Å². The minimum absolute atomic E-state index is 0.0342. The highest BCUT2D eigenvalue weighted by Gasteiger charge is 2.22. The van der Waals surface area contributed by atoms with E-state index in [2.05, 4.69) is 9.97 Å². The van der Waals surface area contributed by atoms with Crippen LogP contribution in [0, 0.1) is 0 Å². The molecule has 1 atom stereocenters. The van der Waals surface area contributed by atoms with Gasteiger partial charge in [-0.25, -0.2) is 4.98 Å². The number of imidazole rings is 1. The van der Waals surface area contributed by atoms with E-state index in [9.17, 15) is 4.79 Å². The van der Waals surface area contributed by atoms with Gasteiger partial charge in [-0.05, 0) is 13.0 Å². The lowest BCUT2D eigenvalue weighted by molar-refractivity contribution is -0.131. The number of likely N-dealkylation sites (N-methyl/N-ethyl adjacent to an activating group) is 1. The Balaban J connectivity index is 2.55. The number of carbonyl (C=O) groups excluding carboxylic acids is 1. The van der Waals surface area contributed by atoms with Gasteiger partial charge >= 0.3 is 0 Å². The Bertz CT molecular complexity index is 593. The van der Waals surface area contributed by atoms with E-state index in [-0.39, 0.29) is 11.9 Å². The first kappa shape index (κ1) is 13.8. The van der Waals surface area contributed by atoms with Gasteiger partial charge in [0.05, 0.1) is 11.7 Å². The maximum Gasteiger partial charge on any atom is 0.244 e. The molecule has 5 nitrogen and oxygen atoms in total. The maximum atomic E-state index is 12.2. The van der Waals surface area contributed by atoms with E-state index >= 15 is 0 Å². The third-order valence-electron chi connectivity index (χ3n) is 3.07. The number of aryl methyl sites for hydroxylation is 1. The fraction of sp³-hybridized carbons (Fsp3) is 0.462. The van der Waals surface area contributed by atoms with Gasteiger partial charge in [-0.2, -0.15) is 0 Å². The number of hydrogen-bond donors (Lipinski definition) is 0. The second-order valence-electron chi connectivity index (χ2n) is 4.61. The molecule has 102 valence electrons. The number of rotatable bonds is 4. The van der Waals surface area contributed by atoms with Crippen molar-refractivity contribution in [3.8, 4) is 0 Å². The molecule has 0 fully saturated rings. The summed E-state index contributed by atoms with van der Waals surface area (Å²) in [6.45, 7) is 1.88. The highest BCUT2D eigenvalue weighted by atomic mass is 35.5. The average Bonchev–Trinajstić information content (AvgIpc) is 2.75. The summed E-state index contributed by atoms with van der Waals surface area (Å²) in [6, 6.07) is 1.57. The normalized spacial score (nSPS) is 12.6. The molecule has 0 aromatic carbocycles. The summed E-state index contributed by atoms with van der Waals surface area (Å²) in [7, 11) is 3.50. The minimum Gasteiger partial charge on any atom is -0.347 e. The first-order valence-electron chi connectivity index (χ1n) is 6.14. The standard InChI is InChI=1S/C13H17ClN4O/c1-9(13(19)17(2)3)18-11-5-7-15-8-10(11)16-12(18)4-6-14/h5,7-9H,4,6H2,1-3H3. The zero-order valence-corrected chi connectivity index (χ0v) is 12.1. The average molecular weight is 281 g/mol. The van der Waals surface area contributed by atoms with Crippen LogP contribution in [0.1, 0.15) is 18.8 Å². The van der Waals surface area contributed by atoms with E-state index in [0.717, 1.165) is 16.9 Å². The van der Waals surface area contributed by atoms with Crippen LogP contribution in [0.15, 0.2) is 18.5 Å². The van der Waals surface area contributed by atoms with Crippen molar-refractivity contribution in [1.29, 1.82) is 0 Å². The molecule has 6 heteroatoms. The van der Waals surface area contributed by atoms with Crippen molar-refractivity contribution in [2.24, 2.45) is 0 Å². The van der Waals surface area contributed by atoms with Crippen molar-refractivity contribution < 1.29 is 4.79 Å². The van der Waals surface area contributed by atoms with Crippen LogP contribution in [0.25, 0.3) is 11.0 Å². The smallest absolute Gasteiger partial charge is 0.244 e. The number of alkyl halides is 1. The van der Waals surface area contributed by atoms with Gasteiger partial charge in [0.1, 0.15) is 17.4 Å². The molecule has 2 aromatic rings. The lowest BCUT2D eigenvalue weighted by atomic mass is 10.2. The number of pyridine rings is 1. The number of carbonyl (C=O) groups is 1. The largest absolute Gasteiger partial charge is 0.347 e. The molecular weight excluding hydrogens is 264 g/mol. The van der Waals surface area contributed by atoms with E-state index in [1.807, 2.05) is 17.6 Å². The molecule has 1 amide bonds. The quantitative estimate of drug-likeness (QED) is 0.804. The Morgan fingerprint density at radius 1 is 1.53 bits per heavy atom. The van der Waals surface area contributed by atoms with Gasteiger partial charge in [0, 0.05) is 32.6 Å². The molecule has 1 unspecified atom stereocenters. The molecule has 0 aliphatic carbocycles. The molecule has 2 aromatic heterocycles. The highest BCUT2D eigenvalue weighted by molar-refractivity contribution is 6.17. The van der Waals surface area contributed by atoms with E-state index in [1.54, 1.807) is 31.4 Å². The van der Waals surface area contributed by atoms with E-state index in [4.69, 9.17) is 11.6 Å². The number of halogens is 1. The molecule has 19 heavy (non-hydrogen) atoms. The van der Waals surface area contributed by atoms with Crippen LogP contribution in [0.2, 0.25) is 0 Å². The molecule has 0 saturated heterocycles. The molecular formula is C13H17ClN4O. The highest BCUT2D eigenvalue weighted by Crippen LogP contribution is 2.22. The summed E-state index contributed by atoms with van der Waals surface area (Å²) < 4.78 is 1.95. The Morgan fingerprint density at radius 3 is 2.89 bits per heavy atom. The molecule has 0 spiro atoms. The Labute approximate surface area is 117 Å². The number of fused-ring (bicyclic) bond motifs is 1. The monoisotopic (exact) mass is 280 g/mol. The van der Waals surface area contributed by atoms with Crippen LogP contribution >= 0.6 is 11.6 Å². The Morgan fingerprint density at radius 2 is 2.26 bits per heavy atom. The zero-order valence-electron chi connectivity index (χ0n) is 11.3. The summed E-state index contributed by atoms with van der Waals surface area (Å²) in [5.74, 6) is 1.33. The number of hydrogen-bond acceptors (Lipinski definition) is 3. The second-order valence-corrected chi connectivity index (χ2v) is 4.99. The lowest BCUT2D eigenvalue weighted by Crippen LogP contribution is -2.30. The zero-order chi connectivity index (χ0) is 14.0. The Kier molecular flexibility index (Phi) is 4.04. The van der Waals surface area contributed by atoms with E-state index < -0.39 is 0 Å². The van der Waals surface area contributed by atoms with Gasteiger partial charge in [0.2, 0.25) is 5.91 Å². The lowest BCUT2D eigenvalue weighted by Gasteiger charge is -2.20. The topological polar surface area (TPSA) is 51.0 Å². The summed E-state index contributed by atoms with van der Waals surface area (Å²) in [5, 5.41) is 0. The van der Waals surface area contributed by atoms with Crippen LogP contribution < -0.4 is 0 Å². The van der Waals surface area contributed by atoms with E-state index in [1.165, 1.54) is 0 Å². The molecule has 0 saturated carbocycles. The van der Waals surface area contributed by atoms with Gasteiger partial charge in [-0.1, -0.05) is 0 Å². The first-order chi connectivity index (χ1) is 9.06. The van der Waals surface area contributed by atoms with Gasteiger partial charge < -0.3 is 9.47 Å².